The normalized spacial score (nSPS) is 13.4. The van der Waals surface area contributed by atoms with Crippen molar-refractivity contribution in [1.29, 1.82) is 0 Å². The van der Waals surface area contributed by atoms with Gasteiger partial charge in [-0.1, -0.05) is 108 Å². The van der Waals surface area contributed by atoms with Gasteiger partial charge in [0.05, 0.1) is 45.7 Å². The third kappa shape index (κ3) is 11.1. The topological polar surface area (TPSA) is 103 Å². The lowest BCUT2D eigenvalue weighted by molar-refractivity contribution is -0.140. The van der Waals surface area contributed by atoms with E-state index in [2.05, 4.69) is 10.0 Å². The zero-order valence-corrected chi connectivity index (χ0v) is 22.2. The Kier molecular flexibility index (Phi) is 13.3. The lowest BCUT2D eigenvalue weighted by atomic mass is 10.0. The van der Waals surface area contributed by atoms with Crippen LogP contribution >= 0.6 is 0 Å². The van der Waals surface area contributed by atoms with Crippen LogP contribution in [0.4, 0.5) is 0 Å². The number of methoxy groups -OCH3 is 1. The van der Waals surface area contributed by atoms with Crippen molar-refractivity contribution < 1.29 is 23.7 Å². The van der Waals surface area contributed by atoms with Gasteiger partial charge in [-0.25, -0.2) is 0 Å². The molecule has 3 aromatic rings. The molecule has 3 atom stereocenters. The molecular formula is C31H35N3O5. The van der Waals surface area contributed by atoms with Crippen LogP contribution in [0.3, 0.4) is 0 Å². The SMILES string of the molecule is COC(=O)CC/C=C\[C@@H](OCc1ccccc1)[C@H](OCc1ccccc1)[C@@H](COCc1ccccc1)N=[N+]=[N-]. The maximum Gasteiger partial charge on any atom is 0.305 e. The molecule has 3 rings (SSSR count). The smallest absolute Gasteiger partial charge is 0.305 e. The minimum absolute atomic E-state index is 0.139. The van der Waals surface area contributed by atoms with Crippen molar-refractivity contribution in [3.05, 3.63) is 130 Å². The van der Waals surface area contributed by atoms with E-state index in [4.69, 9.17) is 18.9 Å². The van der Waals surface area contributed by atoms with Crippen molar-refractivity contribution in [3.8, 4) is 0 Å². The standard InChI is InChI=1S/C31H35N3O5/c1-36-30(35)20-12-11-19-29(38-22-26-15-7-3-8-16-26)31(39-23-27-17-9-4-10-18-27)28(33-34-32)24-37-21-25-13-5-2-6-14-25/h2-11,13-19,28-29,31H,12,20-24H2,1H3/b19-11-/t28-,29-,31-/m1/s1. The van der Waals surface area contributed by atoms with E-state index < -0.39 is 18.2 Å². The van der Waals surface area contributed by atoms with Crippen LogP contribution in [-0.4, -0.2) is 37.9 Å². The number of rotatable bonds is 17. The molecule has 0 spiro atoms. The number of hydrogen-bond donors (Lipinski definition) is 0. The number of esters is 1. The van der Waals surface area contributed by atoms with Gasteiger partial charge in [0.15, 0.2) is 0 Å². The predicted octanol–water partition coefficient (Wildman–Crippen LogP) is 6.56. The molecule has 0 N–H and O–H groups in total. The summed E-state index contributed by atoms with van der Waals surface area (Å²) in [7, 11) is 1.37. The zero-order chi connectivity index (χ0) is 27.5. The summed E-state index contributed by atoms with van der Waals surface area (Å²) in [4.78, 5) is 14.7. The third-order valence-electron chi connectivity index (χ3n) is 5.94. The summed E-state index contributed by atoms with van der Waals surface area (Å²) < 4.78 is 23.4. The molecule has 0 aliphatic carbocycles. The molecule has 0 aliphatic rings. The largest absolute Gasteiger partial charge is 0.469 e. The van der Waals surface area contributed by atoms with Gasteiger partial charge in [0, 0.05) is 11.3 Å². The summed E-state index contributed by atoms with van der Waals surface area (Å²) in [5, 5.41) is 4.06. The summed E-state index contributed by atoms with van der Waals surface area (Å²) in [6.07, 6.45) is 3.20. The van der Waals surface area contributed by atoms with Crippen LogP contribution in [0.25, 0.3) is 10.4 Å². The van der Waals surface area contributed by atoms with Crippen LogP contribution in [0.5, 0.6) is 0 Å². The van der Waals surface area contributed by atoms with Crippen LogP contribution in [0, 0.1) is 0 Å². The van der Waals surface area contributed by atoms with Crippen molar-refractivity contribution >= 4 is 5.97 Å². The van der Waals surface area contributed by atoms with Crippen LogP contribution in [0.15, 0.2) is 108 Å². The predicted molar refractivity (Wildman–Crippen MR) is 149 cm³/mol. The van der Waals surface area contributed by atoms with Crippen molar-refractivity contribution in [3.63, 3.8) is 0 Å². The number of hydrogen-bond acceptors (Lipinski definition) is 6. The molecule has 8 heteroatoms. The Morgan fingerprint density at radius 3 is 1.92 bits per heavy atom. The van der Waals surface area contributed by atoms with Gasteiger partial charge < -0.3 is 18.9 Å². The fourth-order valence-electron chi connectivity index (χ4n) is 3.88. The van der Waals surface area contributed by atoms with Crippen LogP contribution < -0.4 is 0 Å². The van der Waals surface area contributed by atoms with Crippen LogP contribution in [0.2, 0.25) is 0 Å². The van der Waals surface area contributed by atoms with Crippen molar-refractivity contribution in [2.75, 3.05) is 13.7 Å². The Morgan fingerprint density at radius 1 is 0.846 bits per heavy atom. The highest BCUT2D eigenvalue weighted by Gasteiger charge is 2.30. The second-order valence-electron chi connectivity index (χ2n) is 8.84. The monoisotopic (exact) mass is 529 g/mol. The van der Waals surface area contributed by atoms with E-state index in [1.807, 2.05) is 103 Å². The van der Waals surface area contributed by atoms with Gasteiger partial charge >= 0.3 is 5.97 Å². The first-order chi connectivity index (χ1) is 19.2. The molecule has 0 aliphatic heterocycles. The van der Waals surface area contributed by atoms with Crippen molar-refractivity contribution in [1.82, 2.24) is 0 Å². The Bertz CT molecular complexity index is 1170. The molecule has 39 heavy (non-hydrogen) atoms. The molecule has 204 valence electrons. The average molecular weight is 530 g/mol. The number of nitrogens with zero attached hydrogens (tertiary/aromatic N) is 3. The van der Waals surface area contributed by atoms with Gasteiger partial charge in [-0.3, -0.25) is 4.79 Å². The minimum Gasteiger partial charge on any atom is -0.469 e. The fourth-order valence-corrected chi connectivity index (χ4v) is 3.88. The summed E-state index contributed by atoms with van der Waals surface area (Å²) in [5.41, 5.74) is 12.4. The summed E-state index contributed by atoms with van der Waals surface area (Å²) in [5.74, 6) is -0.292. The number of benzene rings is 3. The van der Waals surface area contributed by atoms with Gasteiger partial charge in [0.25, 0.3) is 0 Å². The molecule has 0 radical (unpaired) electrons. The lowest BCUT2D eigenvalue weighted by Gasteiger charge is -2.30. The molecule has 0 amide bonds. The Balaban J connectivity index is 1.82. The van der Waals surface area contributed by atoms with Crippen molar-refractivity contribution in [2.24, 2.45) is 5.11 Å². The average Bonchev–Trinajstić information content (AvgIpc) is 2.99. The van der Waals surface area contributed by atoms with E-state index in [0.717, 1.165) is 16.7 Å². The van der Waals surface area contributed by atoms with Crippen LogP contribution in [0.1, 0.15) is 29.5 Å². The highest BCUT2D eigenvalue weighted by Crippen LogP contribution is 2.20. The second-order valence-corrected chi connectivity index (χ2v) is 8.84. The first-order valence-electron chi connectivity index (χ1n) is 12.9. The Morgan fingerprint density at radius 2 is 1.38 bits per heavy atom. The van der Waals surface area contributed by atoms with Gasteiger partial charge in [-0.15, -0.1) is 0 Å². The van der Waals surface area contributed by atoms with E-state index in [0.29, 0.717) is 26.2 Å². The first-order valence-corrected chi connectivity index (χ1v) is 12.9. The van der Waals surface area contributed by atoms with Gasteiger partial charge in [-0.05, 0) is 28.6 Å². The fraction of sp³-hybridized carbons (Fsp3) is 0.323. The van der Waals surface area contributed by atoms with Gasteiger partial charge in [0.1, 0.15) is 6.10 Å². The molecule has 0 saturated carbocycles. The molecule has 0 bridgehead atoms. The molecule has 0 unspecified atom stereocenters. The minimum atomic E-state index is -0.673. The highest BCUT2D eigenvalue weighted by atomic mass is 16.5. The van der Waals surface area contributed by atoms with E-state index >= 15 is 0 Å². The molecular weight excluding hydrogens is 494 g/mol. The molecule has 0 saturated heterocycles. The quantitative estimate of drug-likeness (QED) is 0.0647. The summed E-state index contributed by atoms with van der Waals surface area (Å²) >= 11 is 0. The van der Waals surface area contributed by atoms with E-state index in [1.54, 1.807) is 0 Å². The third-order valence-corrected chi connectivity index (χ3v) is 5.94. The van der Waals surface area contributed by atoms with Crippen LogP contribution in [-0.2, 0) is 43.6 Å². The number of carbonyl (C=O) groups is 1. The maximum absolute atomic E-state index is 11.6. The van der Waals surface area contributed by atoms with Crippen molar-refractivity contribution in [2.45, 2.75) is 50.9 Å². The lowest BCUT2D eigenvalue weighted by Crippen LogP contribution is -2.41. The Hall–Kier alpha value is -3.94. The molecule has 0 heterocycles. The number of allylic oxidation sites excluding steroid dienone is 1. The number of carbonyl (C=O) groups excluding carboxylic acids is 1. The molecule has 8 nitrogen and oxygen atoms in total. The molecule has 3 aromatic carbocycles. The number of ether oxygens (including phenoxy) is 4. The van der Waals surface area contributed by atoms with Gasteiger partial charge in [-0.2, -0.15) is 0 Å². The second kappa shape index (κ2) is 17.5. The highest BCUT2D eigenvalue weighted by molar-refractivity contribution is 5.69. The zero-order valence-electron chi connectivity index (χ0n) is 22.2. The van der Waals surface area contributed by atoms with E-state index in [9.17, 15) is 10.3 Å². The summed E-state index contributed by atoms with van der Waals surface area (Å²) in [6.45, 7) is 1.13. The molecule has 0 fully saturated rings. The van der Waals surface area contributed by atoms with E-state index in [-0.39, 0.29) is 19.0 Å². The summed E-state index contributed by atoms with van der Waals surface area (Å²) in [6, 6.07) is 28.7. The Labute approximate surface area is 229 Å². The van der Waals surface area contributed by atoms with E-state index in [1.165, 1.54) is 7.11 Å². The first kappa shape index (κ1) is 29.6. The van der Waals surface area contributed by atoms with Gasteiger partial charge in [0.2, 0.25) is 0 Å². The number of azide groups is 1. The maximum atomic E-state index is 11.6. The molecule has 0 aromatic heterocycles.